The third kappa shape index (κ3) is 1.38. The van der Waals surface area contributed by atoms with E-state index in [1.807, 2.05) is 0 Å². The highest BCUT2D eigenvalue weighted by atomic mass is 16.7. The molecule has 0 amide bonds. The van der Waals surface area contributed by atoms with Crippen molar-refractivity contribution in [2.24, 2.45) is 0 Å². The van der Waals surface area contributed by atoms with Crippen LogP contribution in [0.4, 0.5) is 0 Å². The molecule has 1 aliphatic heterocycles. The number of cyclic esters (lactones) is 1. The number of aromatic hydroxyl groups is 2. The van der Waals surface area contributed by atoms with E-state index in [1.54, 1.807) is 0 Å². The first kappa shape index (κ1) is 11.7. The van der Waals surface area contributed by atoms with Gasteiger partial charge >= 0.3 is 5.97 Å². The van der Waals surface area contributed by atoms with Crippen LogP contribution in [0.15, 0.2) is 12.1 Å². The van der Waals surface area contributed by atoms with Gasteiger partial charge in [0.1, 0.15) is 6.10 Å². The topological polar surface area (TPSA) is 96.2 Å². The number of aliphatic hydroxyl groups excluding tert-OH is 1. The summed E-state index contributed by atoms with van der Waals surface area (Å²) in [6.45, 7) is 1.36. The monoisotopic (exact) mass is 240 g/mol. The molecule has 0 fully saturated rings. The van der Waals surface area contributed by atoms with Crippen LogP contribution in [0.2, 0.25) is 0 Å². The largest absolute Gasteiger partial charge is 0.504 e. The van der Waals surface area contributed by atoms with Crippen LogP contribution in [0, 0.1) is 0 Å². The number of hydrogen-bond donors (Lipinski definition) is 3. The fourth-order valence-electron chi connectivity index (χ4n) is 1.96. The smallest absolute Gasteiger partial charge is 0.341 e. The van der Waals surface area contributed by atoms with Gasteiger partial charge in [-0.2, -0.15) is 0 Å². The lowest BCUT2D eigenvalue weighted by molar-refractivity contribution is -0.239. The number of phenols is 2. The Morgan fingerprint density at radius 1 is 1.41 bits per heavy atom. The molecule has 0 aliphatic carbocycles. The van der Waals surface area contributed by atoms with E-state index in [4.69, 9.17) is 9.47 Å². The molecule has 6 nitrogen and oxygen atoms in total. The van der Waals surface area contributed by atoms with E-state index in [-0.39, 0.29) is 11.1 Å². The first-order chi connectivity index (χ1) is 7.94. The SMILES string of the molecule is CO[C@@]1([C@@H](C)O)OC(=O)c2ccc(O)c(O)c21. The minimum atomic E-state index is -1.78. The molecule has 3 N–H and O–H groups in total. The van der Waals surface area contributed by atoms with Crippen molar-refractivity contribution in [3.8, 4) is 11.5 Å². The number of aliphatic hydroxyl groups is 1. The number of carbonyl (C=O) groups is 1. The number of esters is 1. The second-order valence-electron chi connectivity index (χ2n) is 3.79. The third-order valence-electron chi connectivity index (χ3n) is 2.82. The zero-order valence-corrected chi connectivity index (χ0v) is 9.30. The van der Waals surface area contributed by atoms with Gasteiger partial charge in [-0.1, -0.05) is 0 Å². The molecule has 0 radical (unpaired) electrons. The minimum Gasteiger partial charge on any atom is -0.504 e. The van der Waals surface area contributed by atoms with Crippen molar-refractivity contribution < 1.29 is 29.6 Å². The maximum atomic E-state index is 11.6. The van der Waals surface area contributed by atoms with Crippen molar-refractivity contribution >= 4 is 5.97 Å². The van der Waals surface area contributed by atoms with Gasteiger partial charge in [0.15, 0.2) is 11.5 Å². The predicted molar refractivity (Wildman–Crippen MR) is 55.6 cm³/mol. The van der Waals surface area contributed by atoms with Gasteiger partial charge in [0.05, 0.1) is 11.1 Å². The van der Waals surface area contributed by atoms with Gasteiger partial charge < -0.3 is 24.8 Å². The van der Waals surface area contributed by atoms with Crippen LogP contribution in [0.3, 0.4) is 0 Å². The molecule has 1 aromatic carbocycles. The standard InChI is InChI=1S/C11H12O6/c1-5(12)11(16-2)8-6(10(15)17-11)3-4-7(13)9(8)14/h3-5,12-14H,1-2H3/t5-,11+/m1/s1. The van der Waals surface area contributed by atoms with Crippen molar-refractivity contribution in [2.75, 3.05) is 7.11 Å². The fraction of sp³-hybridized carbons (Fsp3) is 0.364. The van der Waals surface area contributed by atoms with Crippen LogP contribution in [0.1, 0.15) is 22.8 Å². The van der Waals surface area contributed by atoms with Crippen LogP contribution in [0.25, 0.3) is 0 Å². The third-order valence-corrected chi connectivity index (χ3v) is 2.82. The quantitative estimate of drug-likeness (QED) is 0.513. The van der Waals surface area contributed by atoms with Crippen LogP contribution in [-0.4, -0.2) is 34.5 Å². The van der Waals surface area contributed by atoms with Gasteiger partial charge in [0.2, 0.25) is 0 Å². The Hall–Kier alpha value is -1.79. The molecule has 1 aromatic rings. The second kappa shape index (κ2) is 3.61. The molecular weight excluding hydrogens is 228 g/mol. The summed E-state index contributed by atoms with van der Waals surface area (Å²) in [5, 5.41) is 28.9. The highest BCUT2D eigenvalue weighted by Crippen LogP contribution is 2.47. The van der Waals surface area contributed by atoms with Crippen LogP contribution >= 0.6 is 0 Å². The maximum absolute atomic E-state index is 11.6. The molecule has 1 heterocycles. The molecule has 1 aliphatic rings. The van der Waals surface area contributed by atoms with Crippen molar-refractivity contribution in [2.45, 2.75) is 18.8 Å². The molecule has 2 atom stereocenters. The number of rotatable bonds is 2. The first-order valence-electron chi connectivity index (χ1n) is 4.96. The molecule has 0 saturated carbocycles. The van der Waals surface area contributed by atoms with Gasteiger partial charge in [0, 0.05) is 7.11 Å². The van der Waals surface area contributed by atoms with Crippen LogP contribution < -0.4 is 0 Å². The highest BCUT2D eigenvalue weighted by Gasteiger charge is 2.52. The molecule has 0 unspecified atom stereocenters. The van der Waals surface area contributed by atoms with Gasteiger partial charge in [-0.25, -0.2) is 4.79 Å². The fourth-order valence-corrected chi connectivity index (χ4v) is 1.96. The van der Waals surface area contributed by atoms with Crippen molar-refractivity contribution in [1.29, 1.82) is 0 Å². The molecule has 92 valence electrons. The van der Waals surface area contributed by atoms with Crippen molar-refractivity contribution in [3.63, 3.8) is 0 Å². The molecule has 2 rings (SSSR count). The Kier molecular flexibility index (Phi) is 2.48. The Morgan fingerprint density at radius 2 is 2.06 bits per heavy atom. The van der Waals surface area contributed by atoms with Gasteiger partial charge in [0.25, 0.3) is 5.79 Å². The summed E-state index contributed by atoms with van der Waals surface area (Å²) in [5.74, 6) is -3.45. The predicted octanol–water partition coefficient (Wildman–Crippen LogP) is 0.448. The van der Waals surface area contributed by atoms with Crippen LogP contribution in [0.5, 0.6) is 11.5 Å². The van der Waals surface area contributed by atoms with Crippen molar-refractivity contribution in [1.82, 2.24) is 0 Å². The molecule has 17 heavy (non-hydrogen) atoms. The summed E-state index contributed by atoms with van der Waals surface area (Å²) < 4.78 is 10.0. The van der Waals surface area contributed by atoms with Gasteiger partial charge in [-0.15, -0.1) is 0 Å². The molecule has 0 spiro atoms. The number of fused-ring (bicyclic) bond motifs is 1. The van der Waals surface area contributed by atoms with E-state index < -0.39 is 29.4 Å². The molecular formula is C11H12O6. The summed E-state index contributed by atoms with van der Waals surface area (Å²) in [7, 11) is 1.23. The number of phenolic OH excluding ortho intramolecular Hbond substituents is 2. The van der Waals surface area contributed by atoms with E-state index in [1.165, 1.54) is 26.2 Å². The van der Waals surface area contributed by atoms with Crippen molar-refractivity contribution in [3.05, 3.63) is 23.3 Å². The normalized spacial score (nSPS) is 24.3. The second-order valence-corrected chi connectivity index (χ2v) is 3.79. The molecule has 0 bridgehead atoms. The van der Waals surface area contributed by atoms with E-state index in [2.05, 4.69) is 0 Å². The Morgan fingerprint density at radius 3 is 2.59 bits per heavy atom. The van der Waals surface area contributed by atoms with Crippen LogP contribution in [-0.2, 0) is 15.3 Å². The minimum absolute atomic E-state index is 0.0556. The average Bonchev–Trinajstić information content (AvgIpc) is 2.58. The Bertz CT molecular complexity index is 481. The van der Waals surface area contributed by atoms with Gasteiger partial charge in [-0.3, -0.25) is 0 Å². The summed E-state index contributed by atoms with van der Waals surface area (Å²) in [6, 6.07) is 2.47. The summed E-state index contributed by atoms with van der Waals surface area (Å²) >= 11 is 0. The number of ether oxygens (including phenoxy) is 2. The summed E-state index contributed by atoms with van der Waals surface area (Å²) in [5.41, 5.74) is 0.00282. The number of methoxy groups -OCH3 is 1. The highest BCUT2D eigenvalue weighted by molar-refractivity contribution is 5.96. The first-order valence-corrected chi connectivity index (χ1v) is 4.96. The van der Waals surface area contributed by atoms with E-state index in [9.17, 15) is 20.1 Å². The lowest BCUT2D eigenvalue weighted by Crippen LogP contribution is -2.39. The Labute approximate surface area is 97.0 Å². The maximum Gasteiger partial charge on any atom is 0.341 e. The summed E-state index contributed by atoms with van der Waals surface area (Å²) in [4.78, 5) is 11.6. The zero-order chi connectivity index (χ0) is 12.8. The van der Waals surface area contributed by atoms with E-state index in [0.29, 0.717) is 0 Å². The zero-order valence-electron chi connectivity index (χ0n) is 9.30. The molecule has 0 saturated heterocycles. The Balaban J connectivity index is 2.75. The summed E-state index contributed by atoms with van der Waals surface area (Å²) in [6.07, 6.45) is -1.20. The van der Waals surface area contributed by atoms with E-state index >= 15 is 0 Å². The lowest BCUT2D eigenvalue weighted by Gasteiger charge is -2.30. The molecule has 6 heteroatoms. The van der Waals surface area contributed by atoms with Gasteiger partial charge in [-0.05, 0) is 19.1 Å². The molecule has 0 aromatic heterocycles. The number of hydrogen-bond acceptors (Lipinski definition) is 6. The number of benzene rings is 1. The average molecular weight is 240 g/mol. The lowest BCUT2D eigenvalue weighted by atomic mass is 9.96. The van der Waals surface area contributed by atoms with E-state index in [0.717, 1.165) is 0 Å². The number of carbonyl (C=O) groups excluding carboxylic acids is 1.